The molecule has 0 aliphatic carbocycles. The Bertz CT molecular complexity index is 1700. The van der Waals surface area contributed by atoms with Gasteiger partial charge in [-0.25, -0.2) is 4.39 Å². The fourth-order valence-electron chi connectivity index (χ4n) is 7.26. The first-order valence-corrected chi connectivity index (χ1v) is 15.7. The number of aromatic nitrogens is 2. The highest BCUT2D eigenvalue weighted by molar-refractivity contribution is 5.99. The van der Waals surface area contributed by atoms with Crippen LogP contribution in [0.25, 0.3) is 10.9 Å². The van der Waals surface area contributed by atoms with E-state index in [0.717, 1.165) is 48.2 Å². The van der Waals surface area contributed by atoms with Crippen molar-refractivity contribution in [1.82, 2.24) is 14.7 Å². The van der Waals surface area contributed by atoms with Gasteiger partial charge in [0.05, 0.1) is 48.5 Å². The van der Waals surface area contributed by atoms with Crippen LogP contribution in [0.1, 0.15) is 46.8 Å². The average Bonchev–Trinajstić information content (AvgIpc) is 3.67. The van der Waals surface area contributed by atoms with Crippen molar-refractivity contribution in [3.63, 3.8) is 0 Å². The molecule has 7 rings (SSSR count). The summed E-state index contributed by atoms with van der Waals surface area (Å²) in [6.45, 7) is 4.00. The number of aryl methyl sites for hydroxylation is 2. The number of benzene rings is 3. The minimum atomic E-state index is -0.626. The molecule has 0 radical (unpaired) electrons. The third kappa shape index (κ3) is 5.68. The van der Waals surface area contributed by atoms with E-state index >= 15 is 4.39 Å². The van der Waals surface area contributed by atoms with Gasteiger partial charge in [-0.15, -0.1) is 0 Å². The summed E-state index contributed by atoms with van der Waals surface area (Å²) in [5.41, 5.74) is 4.00. The van der Waals surface area contributed by atoms with Crippen LogP contribution in [-0.4, -0.2) is 65.0 Å². The molecule has 10 heteroatoms. The van der Waals surface area contributed by atoms with Crippen LogP contribution in [0.3, 0.4) is 0 Å². The lowest BCUT2D eigenvalue weighted by atomic mass is 9.76. The molecule has 0 saturated carbocycles. The van der Waals surface area contributed by atoms with Gasteiger partial charge in [-0.1, -0.05) is 24.3 Å². The van der Waals surface area contributed by atoms with E-state index in [4.69, 9.17) is 9.47 Å². The van der Waals surface area contributed by atoms with E-state index in [1.807, 2.05) is 49.5 Å². The lowest BCUT2D eigenvalue weighted by molar-refractivity contribution is -0.124. The fourth-order valence-corrected chi connectivity index (χ4v) is 7.26. The van der Waals surface area contributed by atoms with Crippen LogP contribution in [0.4, 0.5) is 15.8 Å². The van der Waals surface area contributed by atoms with Crippen molar-refractivity contribution in [3.8, 4) is 0 Å². The van der Waals surface area contributed by atoms with Crippen molar-refractivity contribution in [2.75, 3.05) is 37.1 Å². The Morgan fingerprint density at radius 1 is 0.978 bits per heavy atom. The first-order valence-electron chi connectivity index (χ1n) is 15.7. The molecule has 4 atom stereocenters. The third-order valence-electron chi connectivity index (χ3n) is 9.62. The molecule has 2 amide bonds. The number of carbonyl (C=O) groups is 2. The van der Waals surface area contributed by atoms with E-state index in [1.54, 1.807) is 34.8 Å². The minimum absolute atomic E-state index is 0.0361. The number of piperidine rings is 1. The van der Waals surface area contributed by atoms with Gasteiger partial charge in [-0.05, 0) is 73.7 Å². The van der Waals surface area contributed by atoms with Crippen LogP contribution in [0.15, 0.2) is 66.9 Å². The molecule has 2 unspecified atom stereocenters. The quantitative estimate of drug-likeness (QED) is 0.300. The molecule has 9 nitrogen and oxygen atoms in total. The van der Waals surface area contributed by atoms with E-state index in [9.17, 15) is 9.59 Å². The van der Waals surface area contributed by atoms with Gasteiger partial charge in [0.1, 0.15) is 5.82 Å². The molecule has 45 heavy (non-hydrogen) atoms. The lowest BCUT2D eigenvalue weighted by Gasteiger charge is -2.47. The third-order valence-corrected chi connectivity index (χ3v) is 9.62. The first-order chi connectivity index (χ1) is 21.9. The number of nitrogens with zero attached hydrogens (tertiary/aromatic N) is 3. The molecule has 0 bridgehead atoms. The predicted molar refractivity (Wildman–Crippen MR) is 170 cm³/mol. The minimum Gasteiger partial charge on any atom is -0.382 e. The molecular weight excluding hydrogens is 573 g/mol. The van der Waals surface area contributed by atoms with Gasteiger partial charge in [0, 0.05) is 49.0 Å². The number of fused-ring (bicyclic) bond motifs is 2. The largest absolute Gasteiger partial charge is 0.382 e. The topological polar surface area (TPSA) is 97.7 Å². The van der Waals surface area contributed by atoms with Crippen molar-refractivity contribution in [1.29, 1.82) is 0 Å². The standard InChI is InChI=1S/C35H38FN5O4/c1-21-4-3-5-29(36)32(21)35(43)41-31-20-45-19-24(31)17-28(34(42)39-27-10-11-30-23(16-27)18-37-40(30)2)33(41)22-6-8-25(9-7-22)38-26-12-14-44-15-13-26/h3-11,16,18,24,26,28,31,33,38H,12-15,17,19-20H2,1-2H3,(H,39,42)/t24-,28?,31+,33?/m1/s1. The van der Waals surface area contributed by atoms with Gasteiger partial charge in [0.2, 0.25) is 5.91 Å². The van der Waals surface area contributed by atoms with E-state index in [0.29, 0.717) is 36.9 Å². The maximum Gasteiger partial charge on any atom is 0.257 e. The highest BCUT2D eigenvalue weighted by atomic mass is 19.1. The molecule has 4 heterocycles. The molecule has 3 aliphatic rings. The SMILES string of the molecule is Cc1cccc(F)c1C(=O)N1C(c2ccc(NC3CCOCC3)cc2)C(C(=O)Nc2ccc3c(cnn3C)c2)C[C@@H]2COC[C@@H]21. The lowest BCUT2D eigenvalue weighted by Crippen LogP contribution is -2.55. The van der Waals surface area contributed by atoms with Crippen molar-refractivity contribution in [2.24, 2.45) is 18.9 Å². The maximum absolute atomic E-state index is 15.3. The fraction of sp³-hybridized carbons (Fsp3) is 0.400. The van der Waals surface area contributed by atoms with E-state index in [2.05, 4.69) is 15.7 Å². The summed E-state index contributed by atoms with van der Waals surface area (Å²) in [5, 5.41) is 11.9. The Morgan fingerprint density at radius 3 is 2.53 bits per heavy atom. The summed E-state index contributed by atoms with van der Waals surface area (Å²) >= 11 is 0. The monoisotopic (exact) mass is 611 g/mol. The number of amides is 2. The molecule has 0 spiro atoms. The van der Waals surface area contributed by atoms with Gasteiger partial charge in [0.15, 0.2) is 0 Å². The van der Waals surface area contributed by atoms with Crippen molar-refractivity contribution in [3.05, 3.63) is 89.4 Å². The number of hydrogen-bond acceptors (Lipinski definition) is 6. The second kappa shape index (κ2) is 12.3. The molecule has 2 N–H and O–H groups in total. The van der Waals surface area contributed by atoms with Gasteiger partial charge in [0.25, 0.3) is 5.91 Å². The second-order valence-corrected chi connectivity index (χ2v) is 12.5. The number of carbonyl (C=O) groups excluding carboxylic acids is 2. The summed E-state index contributed by atoms with van der Waals surface area (Å²) in [5.74, 6) is -1.83. The number of nitrogens with one attached hydrogen (secondary N) is 2. The van der Waals surface area contributed by atoms with Crippen LogP contribution in [-0.2, 0) is 21.3 Å². The van der Waals surface area contributed by atoms with Gasteiger partial charge in [-0.3, -0.25) is 14.3 Å². The van der Waals surface area contributed by atoms with Crippen LogP contribution in [0.2, 0.25) is 0 Å². The van der Waals surface area contributed by atoms with Crippen LogP contribution in [0, 0.1) is 24.6 Å². The average molecular weight is 612 g/mol. The van der Waals surface area contributed by atoms with E-state index in [-0.39, 0.29) is 23.4 Å². The normalized spacial score (nSPS) is 23.6. The summed E-state index contributed by atoms with van der Waals surface area (Å²) < 4.78 is 28.5. The zero-order valence-corrected chi connectivity index (χ0v) is 25.5. The molecule has 4 aromatic rings. The zero-order chi connectivity index (χ0) is 31.1. The van der Waals surface area contributed by atoms with Gasteiger partial charge in [-0.2, -0.15) is 5.10 Å². The molecule has 3 aliphatic heterocycles. The highest BCUT2D eigenvalue weighted by Gasteiger charge is 2.51. The van der Waals surface area contributed by atoms with E-state index in [1.165, 1.54) is 6.07 Å². The number of likely N-dealkylation sites (tertiary alicyclic amines) is 1. The first kappa shape index (κ1) is 29.4. The summed E-state index contributed by atoms with van der Waals surface area (Å²) in [7, 11) is 1.88. The van der Waals surface area contributed by atoms with Gasteiger partial charge < -0.3 is 25.0 Å². The molecule has 3 fully saturated rings. The smallest absolute Gasteiger partial charge is 0.257 e. The number of rotatable bonds is 6. The Labute approximate surface area is 261 Å². The van der Waals surface area contributed by atoms with Crippen LogP contribution in [0.5, 0.6) is 0 Å². The maximum atomic E-state index is 15.3. The predicted octanol–water partition coefficient (Wildman–Crippen LogP) is 5.47. The second-order valence-electron chi connectivity index (χ2n) is 12.5. The Kier molecular flexibility index (Phi) is 8.01. The Hall–Kier alpha value is -4.28. The Morgan fingerprint density at radius 2 is 1.76 bits per heavy atom. The molecule has 234 valence electrons. The zero-order valence-electron chi connectivity index (χ0n) is 25.5. The molecule has 3 aromatic carbocycles. The molecular formula is C35H38FN5O4. The molecule has 1 aromatic heterocycles. The summed E-state index contributed by atoms with van der Waals surface area (Å²) in [6, 6.07) is 17.8. The van der Waals surface area contributed by atoms with Crippen LogP contribution < -0.4 is 10.6 Å². The van der Waals surface area contributed by atoms with Crippen molar-refractivity contribution < 1.29 is 23.5 Å². The summed E-state index contributed by atoms with van der Waals surface area (Å²) in [4.78, 5) is 30.4. The Balaban J connectivity index is 1.26. The number of hydrogen-bond donors (Lipinski definition) is 2. The van der Waals surface area contributed by atoms with Crippen molar-refractivity contribution >= 4 is 34.1 Å². The summed E-state index contributed by atoms with van der Waals surface area (Å²) in [6.07, 6.45) is 4.18. The van der Waals surface area contributed by atoms with E-state index < -0.39 is 23.7 Å². The van der Waals surface area contributed by atoms with Crippen LogP contribution >= 0.6 is 0 Å². The number of halogens is 1. The van der Waals surface area contributed by atoms with Gasteiger partial charge >= 0.3 is 0 Å². The number of anilines is 2. The highest BCUT2D eigenvalue weighted by Crippen LogP contribution is 2.46. The van der Waals surface area contributed by atoms with Crippen molar-refractivity contribution in [2.45, 2.75) is 44.3 Å². The number of ether oxygens (including phenoxy) is 2. The molecule has 3 saturated heterocycles.